The van der Waals surface area contributed by atoms with Gasteiger partial charge in [0.25, 0.3) is 0 Å². The third-order valence-electron chi connectivity index (χ3n) is 4.56. The number of hydrogen-bond acceptors (Lipinski definition) is 5. The molecular formula is C22H24ClN3O2S. The van der Waals surface area contributed by atoms with Crippen LogP contribution in [0.15, 0.2) is 58.7 Å². The molecule has 1 heterocycles. The van der Waals surface area contributed by atoms with E-state index in [2.05, 4.69) is 17.1 Å². The van der Waals surface area contributed by atoms with Crippen LogP contribution >= 0.6 is 23.4 Å². The molecule has 3 rings (SSSR count). The fourth-order valence-electron chi connectivity index (χ4n) is 2.91. The van der Waals surface area contributed by atoms with Crippen LogP contribution in [-0.4, -0.2) is 34.5 Å². The van der Waals surface area contributed by atoms with Crippen molar-refractivity contribution in [3.8, 4) is 5.75 Å². The van der Waals surface area contributed by atoms with E-state index in [4.69, 9.17) is 16.3 Å². The molecule has 29 heavy (non-hydrogen) atoms. The van der Waals surface area contributed by atoms with Gasteiger partial charge in [-0.1, -0.05) is 67.4 Å². The van der Waals surface area contributed by atoms with Crippen molar-refractivity contribution < 1.29 is 9.53 Å². The van der Waals surface area contributed by atoms with Crippen LogP contribution in [0.25, 0.3) is 0 Å². The summed E-state index contributed by atoms with van der Waals surface area (Å²) in [6.07, 6.45) is 4.59. The third kappa shape index (κ3) is 5.84. The van der Waals surface area contributed by atoms with E-state index < -0.39 is 0 Å². The van der Waals surface area contributed by atoms with E-state index in [1.165, 1.54) is 11.8 Å². The topological polar surface area (TPSA) is 54.3 Å². The van der Waals surface area contributed by atoms with E-state index in [9.17, 15) is 4.79 Å². The summed E-state index contributed by atoms with van der Waals surface area (Å²) in [4.78, 5) is 14.7. The summed E-state index contributed by atoms with van der Waals surface area (Å²) in [6.45, 7) is 2.60. The number of nitrogens with zero attached hydrogens (tertiary/aromatic N) is 3. The number of carbonyl (C=O) groups excluding carboxylic acids is 1. The second-order valence-electron chi connectivity index (χ2n) is 6.70. The zero-order valence-electron chi connectivity index (χ0n) is 16.5. The SMILES string of the molecule is CCCC[C@@H]1S/C(=N/N=C\c2ccc(Cl)cc2)N(Cc2ccc(OC)cc2)C1=O. The van der Waals surface area contributed by atoms with Crippen LogP contribution in [0, 0.1) is 0 Å². The highest BCUT2D eigenvalue weighted by atomic mass is 35.5. The number of methoxy groups -OCH3 is 1. The molecule has 152 valence electrons. The normalized spacial score (nSPS) is 18.2. The van der Waals surface area contributed by atoms with Gasteiger partial charge in [-0.25, -0.2) is 0 Å². The van der Waals surface area contributed by atoms with Crippen molar-refractivity contribution in [2.24, 2.45) is 10.2 Å². The molecule has 0 spiro atoms. The third-order valence-corrected chi connectivity index (χ3v) is 6.05. The number of halogens is 1. The number of carbonyl (C=O) groups is 1. The Bertz CT molecular complexity index is 882. The molecule has 2 aromatic carbocycles. The fraction of sp³-hybridized carbons (Fsp3) is 0.318. The summed E-state index contributed by atoms with van der Waals surface area (Å²) < 4.78 is 5.21. The van der Waals surface area contributed by atoms with E-state index in [-0.39, 0.29) is 11.2 Å². The van der Waals surface area contributed by atoms with Crippen LogP contribution in [0.3, 0.4) is 0 Å². The first-order valence-electron chi connectivity index (χ1n) is 9.58. The number of amidine groups is 1. The molecule has 2 aromatic rings. The lowest BCUT2D eigenvalue weighted by Gasteiger charge is -2.16. The van der Waals surface area contributed by atoms with Gasteiger partial charge in [0.1, 0.15) is 5.75 Å². The number of amides is 1. The van der Waals surface area contributed by atoms with Crippen molar-refractivity contribution in [2.75, 3.05) is 7.11 Å². The van der Waals surface area contributed by atoms with Gasteiger partial charge in [-0.15, -0.1) is 5.10 Å². The molecule has 7 heteroatoms. The monoisotopic (exact) mass is 429 g/mol. The second-order valence-corrected chi connectivity index (χ2v) is 8.31. The first kappa shape index (κ1) is 21.4. The molecule has 1 aliphatic rings. The number of hydrogen-bond donors (Lipinski definition) is 0. The number of benzene rings is 2. The van der Waals surface area contributed by atoms with Crippen LogP contribution in [-0.2, 0) is 11.3 Å². The maximum absolute atomic E-state index is 13.0. The Labute approximate surface area is 180 Å². The van der Waals surface area contributed by atoms with Crippen molar-refractivity contribution in [3.63, 3.8) is 0 Å². The molecule has 1 atom stereocenters. The number of unbranched alkanes of at least 4 members (excludes halogenated alkanes) is 1. The Kier molecular flexibility index (Phi) is 7.72. The van der Waals surface area contributed by atoms with E-state index in [1.807, 2.05) is 36.4 Å². The van der Waals surface area contributed by atoms with Crippen LogP contribution < -0.4 is 4.74 Å². The van der Waals surface area contributed by atoms with Gasteiger partial charge in [0.05, 0.1) is 25.1 Å². The predicted molar refractivity (Wildman–Crippen MR) is 121 cm³/mol. The molecule has 0 saturated carbocycles. The Morgan fingerprint density at radius 3 is 2.55 bits per heavy atom. The second kappa shape index (κ2) is 10.5. The van der Waals surface area contributed by atoms with Gasteiger partial charge < -0.3 is 4.74 Å². The van der Waals surface area contributed by atoms with Crippen molar-refractivity contribution in [1.82, 2.24) is 4.90 Å². The van der Waals surface area contributed by atoms with Gasteiger partial charge >= 0.3 is 0 Å². The average Bonchev–Trinajstić information content (AvgIpc) is 3.03. The summed E-state index contributed by atoms with van der Waals surface area (Å²) >= 11 is 7.41. The molecule has 1 aliphatic heterocycles. The van der Waals surface area contributed by atoms with Gasteiger partial charge in [0.15, 0.2) is 5.17 Å². The highest BCUT2D eigenvalue weighted by Gasteiger charge is 2.37. The Balaban J connectivity index is 1.78. The van der Waals surface area contributed by atoms with Crippen molar-refractivity contribution in [2.45, 2.75) is 38.0 Å². The van der Waals surface area contributed by atoms with Crippen LogP contribution in [0.4, 0.5) is 0 Å². The first-order chi connectivity index (χ1) is 14.1. The van der Waals surface area contributed by atoms with Gasteiger partial charge in [0.2, 0.25) is 5.91 Å². The minimum Gasteiger partial charge on any atom is -0.497 e. The number of rotatable bonds is 8. The minimum atomic E-state index is -0.0994. The number of ether oxygens (including phenoxy) is 1. The zero-order chi connectivity index (χ0) is 20.6. The van der Waals surface area contributed by atoms with Gasteiger partial charge in [0, 0.05) is 5.02 Å². The average molecular weight is 430 g/mol. The zero-order valence-corrected chi connectivity index (χ0v) is 18.1. The smallest absolute Gasteiger partial charge is 0.242 e. The summed E-state index contributed by atoms with van der Waals surface area (Å²) in [6, 6.07) is 15.1. The largest absolute Gasteiger partial charge is 0.497 e. The van der Waals surface area contributed by atoms with Gasteiger partial charge in [-0.3, -0.25) is 9.69 Å². The molecule has 0 N–H and O–H groups in total. The van der Waals surface area contributed by atoms with Crippen molar-refractivity contribution >= 4 is 40.7 Å². The lowest BCUT2D eigenvalue weighted by molar-refractivity contribution is -0.126. The Hall–Kier alpha value is -2.31. The summed E-state index contributed by atoms with van der Waals surface area (Å²) in [5, 5.41) is 9.78. The van der Waals surface area contributed by atoms with Crippen LogP contribution in [0.5, 0.6) is 5.75 Å². The lowest BCUT2D eigenvalue weighted by atomic mass is 10.1. The highest BCUT2D eigenvalue weighted by molar-refractivity contribution is 8.15. The molecule has 0 unspecified atom stereocenters. The molecule has 1 saturated heterocycles. The summed E-state index contributed by atoms with van der Waals surface area (Å²) in [7, 11) is 1.64. The van der Waals surface area contributed by atoms with Gasteiger partial charge in [-0.05, 0) is 41.8 Å². The Morgan fingerprint density at radius 2 is 1.90 bits per heavy atom. The van der Waals surface area contributed by atoms with Gasteiger partial charge in [-0.2, -0.15) is 5.10 Å². The molecule has 1 fully saturated rings. The minimum absolute atomic E-state index is 0.0970. The lowest BCUT2D eigenvalue weighted by Crippen LogP contribution is -2.31. The maximum Gasteiger partial charge on any atom is 0.242 e. The van der Waals surface area contributed by atoms with E-state index in [1.54, 1.807) is 30.4 Å². The summed E-state index contributed by atoms with van der Waals surface area (Å²) in [5.74, 6) is 0.887. The van der Waals surface area contributed by atoms with E-state index in [0.717, 1.165) is 36.1 Å². The maximum atomic E-state index is 13.0. The molecule has 0 aromatic heterocycles. The predicted octanol–water partition coefficient (Wildman–Crippen LogP) is 5.37. The first-order valence-corrected chi connectivity index (χ1v) is 10.8. The Morgan fingerprint density at radius 1 is 1.17 bits per heavy atom. The quantitative estimate of drug-likeness (QED) is 0.418. The van der Waals surface area contributed by atoms with Crippen LogP contribution in [0.1, 0.15) is 37.3 Å². The van der Waals surface area contributed by atoms with Crippen LogP contribution in [0.2, 0.25) is 5.02 Å². The highest BCUT2D eigenvalue weighted by Crippen LogP contribution is 2.32. The molecule has 0 radical (unpaired) electrons. The summed E-state index contributed by atoms with van der Waals surface area (Å²) in [5.41, 5.74) is 1.92. The molecular weight excluding hydrogens is 406 g/mol. The molecule has 1 amide bonds. The van der Waals surface area contributed by atoms with E-state index in [0.29, 0.717) is 16.7 Å². The number of thioether (sulfide) groups is 1. The molecule has 5 nitrogen and oxygen atoms in total. The van der Waals surface area contributed by atoms with E-state index >= 15 is 0 Å². The van der Waals surface area contributed by atoms with Crippen molar-refractivity contribution in [1.29, 1.82) is 0 Å². The van der Waals surface area contributed by atoms with Crippen molar-refractivity contribution in [3.05, 3.63) is 64.7 Å². The molecule has 0 bridgehead atoms. The molecule has 0 aliphatic carbocycles. The fourth-order valence-corrected chi connectivity index (χ4v) is 4.18. The standard InChI is InChI=1S/C22H24ClN3O2S/c1-3-4-5-20-21(27)26(15-17-8-12-19(28-2)13-9-17)22(29-20)25-24-14-16-6-10-18(23)11-7-16/h6-14,20H,3-5,15H2,1-2H3/b24-14-,25-22+/t20-/m0/s1.